The van der Waals surface area contributed by atoms with Gasteiger partial charge in [-0.25, -0.2) is 4.98 Å². The maximum Gasteiger partial charge on any atom is 0.241 e. The van der Waals surface area contributed by atoms with Gasteiger partial charge in [0.2, 0.25) is 17.7 Å². The fraction of sp³-hybridized carbons (Fsp3) is 0.400. The predicted octanol–water partition coefficient (Wildman–Crippen LogP) is 4.20. The Morgan fingerprint density at radius 1 is 0.845 bits per heavy atom. The molecule has 0 bridgehead atoms. The van der Waals surface area contributed by atoms with Crippen LogP contribution in [0.1, 0.15) is 42.0 Å². The lowest BCUT2D eigenvalue weighted by Crippen LogP contribution is -2.50. The molecule has 13 nitrogen and oxygen atoms in total. The van der Waals surface area contributed by atoms with Crippen molar-refractivity contribution in [2.75, 3.05) is 88.8 Å². The summed E-state index contributed by atoms with van der Waals surface area (Å²) >= 11 is 0. The van der Waals surface area contributed by atoms with Crippen LogP contribution in [0.4, 0.5) is 11.5 Å². The average molecular weight is 784 g/mol. The van der Waals surface area contributed by atoms with Gasteiger partial charge in [0.15, 0.2) is 5.65 Å². The van der Waals surface area contributed by atoms with Crippen molar-refractivity contribution >= 4 is 34.9 Å². The van der Waals surface area contributed by atoms with Crippen molar-refractivity contribution in [2.24, 2.45) is 0 Å². The van der Waals surface area contributed by atoms with Crippen LogP contribution in [0.3, 0.4) is 0 Å². The quantitative estimate of drug-likeness (QED) is 0.149. The molecule has 3 fully saturated rings. The third-order valence-electron chi connectivity index (χ3n) is 11.8. The number of rotatable bonds is 13. The molecule has 0 saturated carbocycles. The summed E-state index contributed by atoms with van der Waals surface area (Å²) in [6, 6.07) is 28.9. The smallest absolute Gasteiger partial charge is 0.241 e. The van der Waals surface area contributed by atoms with Gasteiger partial charge in [0.05, 0.1) is 30.5 Å². The largest absolute Gasteiger partial charge is 0.395 e. The Morgan fingerprint density at radius 3 is 2.36 bits per heavy atom. The highest BCUT2D eigenvalue weighted by molar-refractivity contribution is 6.01. The molecule has 13 heteroatoms. The Labute approximate surface area is 339 Å². The van der Waals surface area contributed by atoms with Crippen molar-refractivity contribution < 1.29 is 19.5 Å². The number of nitrogens with one attached hydrogen (secondary N) is 2. The van der Waals surface area contributed by atoms with Gasteiger partial charge >= 0.3 is 0 Å². The molecule has 58 heavy (non-hydrogen) atoms. The number of piperidine rings is 1. The van der Waals surface area contributed by atoms with Crippen molar-refractivity contribution in [3.05, 3.63) is 102 Å². The first kappa shape index (κ1) is 39.2. The SMILES string of the molecule is Cc1nn2c(N3CCN(CCO)CC3)cc(-c3cccc(CCCN4CCN(C(=O)CNc5cccc(C6CCC(=O)NC6=O)c5)CC4)c3)nc2c1-c1ccccc1. The highest BCUT2D eigenvalue weighted by Gasteiger charge is 2.28. The summed E-state index contributed by atoms with van der Waals surface area (Å²) in [4.78, 5) is 51.4. The summed E-state index contributed by atoms with van der Waals surface area (Å²) in [6.07, 6.45) is 2.78. The first-order valence-electron chi connectivity index (χ1n) is 20.6. The molecule has 1 atom stereocenters. The summed E-state index contributed by atoms with van der Waals surface area (Å²) < 4.78 is 2.01. The highest BCUT2D eigenvalue weighted by Crippen LogP contribution is 2.33. The van der Waals surface area contributed by atoms with E-state index in [9.17, 15) is 19.5 Å². The topological polar surface area (TPSA) is 139 Å². The molecule has 302 valence electrons. The molecule has 3 aliphatic heterocycles. The first-order chi connectivity index (χ1) is 28.3. The molecule has 3 N–H and O–H groups in total. The van der Waals surface area contributed by atoms with Gasteiger partial charge in [-0.15, -0.1) is 0 Å². The summed E-state index contributed by atoms with van der Waals surface area (Å²) in [7, 11) is 0. The number of β-amino-alcohol motifs (C(OH)–C–C–N with tert-alkyl or cyclic N) is 1. The lowest BCUT2D eigenvalue weighted by Gasteiger charge is -2.35. The van der Waals surface area contributed by atoms with E-state index in [1.807, 2.05) is 39.7 Å². The molecule has 3 aliphatic rings. The molecule has 3 aromatic carbocycles. The van der Waals surface area contributed by atoms with Crippen LogP contribution in [-0.4, -0.2) is 131 Å². The monoisotopic (exact) mass is 783 g/mol. The zero-order valence-corrected chi connectivity index (χ0v) is 33.3. The van der Waals surface area contributed by atoms with Gasteiger partial charge in [-0.05, 0) is 67.6 Å². The number of carbonyl (C=O) groups excluding carboxylic acids is 3. The third kappa shape index (κ3) is 8.91. The molecule has 8 rings (SSSR count). The number of anilines is 2. The van der Waals surface area contributed by atoms with E-state index in [0.29, 0.717) is 32.5 Å². The van der Waals surface area contributed by atoms with Gasteiger partial charge in [-0.3, -0.25) is 29.5 Å². The van der Waals surface area contributed by atoms with Crippen LogP contribution in [0.25, 0.3) is 28.0 Å². The van der Waals surface area contributed by atoms with Crippen molar-refractivity contribution in [2.45, 2.75) is 38.5 Å². The number of fused-ring (bicyclic) bond motifs is 1. The Kier molecular flexibility index (Phi) is 12.1. The second-order valence-corrected chi connectivity index (χ2v) is 15.6. The van der Waals surface area contributed by atoms with E-state index in [2.05, 4.69) is 86.9 Å². The number of benzene rings is 3. The van der Waals surface area contributed by atoms with Gasteiger partial charge in [-0.2, -0.15) is 9.61 Å². The number of aromatic nitrogens is 3. The van der Waals surface area contributed by atoms with Crippen molar-refractivity contribution in [3.8, 4) is 22.4 Å². The minimum absolute atomic E-state index is 0.0590. The van der Waals surface area contributed by atoms with E-state index >= 15 is 0 Å². The van der Waals surface area contributed by atoms with Gasteiger partial charge in [0.1, 0.15) is 5.82 Å². The zero-order valence-electron chi connectivity index (χ0n) is 33.3. The normalized spacial score (nSPS) is 18.1. The number of hydrogen-bond acceptors (Lipinski definition) is 10. The van der Waals surface area contributed by atoms with Gasteiger partial charge in [0, 0.05) is 88.2 Å². The third-order valence-corrected chi connectivity index (χ3v) is 11.8. The van der Waals surface area contributed by atoms with Crippen LogP contribution in [0, 0.1) is 6.92 Å². The molecule has 1 unspecified atom stereocenters. The van der Waals surface area contributed by atoms with Crippen molar-refractivity contribution in [1.82, 2.24) is 34.6 Å². The Balaban J connectivity index is 0.876. The molecule has 3 amide bonds. The van der Waals surface area contributed by atoms with E-state index in [4.69, 9.17) is 10.1 Å². The van der Waals surface area contributed by atoms with Gasteiger partial charge in [-0.1, -0.05) is 60.7 Å². The summed E-state index contributed by atoms with van der Waals surface area (Å²) in [5.41, 5.74) is 8.87. The predicted molar refractivity (Wildman–Crippen MR) is 226 cm³/mol. The standard InChI is InChI=1S/C45H53N9O4/c1-32-43(34-10-3-2-4-11-34)44-47-39(30-41(54(44)49-32)52-22-18-51(19-23-52)26-27-55)36-13-5-8-33(28-36)9-7-17-50-20-24-53(25-21-50)42(57)31-46-37-14-6-12-35(29-37)38-15-16-40(56)48-45(38)58/h2-6,8,10-14,28-30,38,46,55H,7,9,15-27,31H2,1H3,(H,48,56,58). The minimum atomic E-state index is -0.357. The second kappa shape index (κ2) is 17.9. The molecule has 5 heterocycles. The zero-order chi connectivity index (χ0) is 40.0. The van der Waals surface area contributed by atoms with Crippen molar-refractivity contribution in [3.63, 3.8) is 0 Å². The summed E-state index contributed by atoms with van der Waals surface area (Å²) in [5, 5.41) is 20.2. The molecule has 0 radical (unpaired) electrons. The molecular weight excluding hydrogens is 731 g/mol. The van der Waals surface area contributed by atoms with Crippen LogP contribution >= 0.6 is 0 Å². The number of piperazine rings is 2. The van der Waals surface area contributed by atoms with Crippen molar-refractivity contribution in [1.29, 1.82) is 0 Å². The number of amides is 3. The average Bonchev–Trinajstić information content (AvgIpc) is 3.59. The molecule has 0 aliphatic carbocycles. The van der Waals surface area contributed by atoms with E-state index in [0.717, 1.165) is 109 Å². The molecular formula is C45H53N9O4. The van der Waals surface area contributed by atoms with Crippen LogP contribution in [0.2, 0.25) is 0 Å². The fourth-order valence-electron chi connectivity index (χ4n) is 8.55. The molecule has 5 aromatic rings. The Bertz CT molecular complexity index is 2240. The number of aryl methyl sites for hydroxylation is 2. The van der Waals surface area contributed by atoms with Crippen LogP contribution < -0.4 is 15.5 Å². The maximum absolute atomic E-state index is 13.1. The Morgan fingerprint density at radius 2 is 1.59 bits per heavy atom. The van der Waals surface area contributed by atoms with E-state index in [1.165, 1.54) is 5.56 Å². The Hall–Kier alpha value is -5.63. The molecule has 0 spiro atoms. The van der Waals surface area contributed by atoms with Crippen LogP contribution in [0.15, 0.2) is 84.9 Å². The van der Waals surface area contributed by atoms with Gasteiger partial charge in [0.25, 0.3) is 0 Å². The van der Waals surface area contributed by atoms with Crippen LogP contribution in [0.5, 0.6) is 0 Å². The second-order valence-electron chi connectivity index (χ2n) is 15.6. The molecule has 2 aromatic heterocycles. The number of carbonyl (C=O) groups is 3. The fourth-order valence-corrected chi connectivity index (χ4v) is 8.55. The summed E-state index contributed by atoms with van der Waals surface area (Å²) in [5.74, 6) is 0.244. The maximum atomic E-state index is 13.1. The highest BCUT2D eigenvalue weighted by atomic mass is 16.3. The summed E-state index contributed by atoms with van der Waals surface area (Å²) in [6.45, 7) is 10.6. The van der Waals surface area contributed by atoms with Gasteiger partial charge < -0.3 is 20.2 Å². The molecule has 3 saturated heterocycles. The number of hydrogen-bond donors (Lipinski definition) is 3. The van der Waals surface area contributed by atoms with E-state index in [1.54, 1.807) is 0 Å². The lowest BCUT2D eigenvalue weighted by molar-refractivity contribution is -0.134. The van der Waals surface area contributed by atoms with E-state index < -0.39 is 0 Å². The number of aliphatic hydroxyl groups excluding tert-OH is 1. The number of imide groups is 1. The minimum Gasteiger partial charge on any atom is -0.395 e. The van der Waals surface area contributed by atoms with E-state index in [-0.39, 0.29) is 36.8 Å². The first-order valence-corrected chi connectivity index (χ1v) is 20.6. The number of nitrogens with zero attached hydrogens (tertiary/aromatic N) is 7. The lowest BCUT2D eigenvalue weighted by atomic mass is 9.90. The number of aliphatic hydroxyl groups is 1. The van der Waals surface area contributed by atoms with Crippen LogP contribution in [-0.2, 0) is 20.8 Å².